The van der Waals surface area contributed by atoms with Crippen LogP contribution in [0.5, 0.6) is 0 Å². The van der Waals surface area contributed by atoms with Crippen LogP contribution in [0.1, 0.15) is 19.8 Å². The normalized spacial score (nSPS) is 20.1. The Kier molecular flexibility index (Phi) is 4.93. The van der Waals surface area contributed by atoms with Gasteiger partial charge in [-0.05, 0) is 25.3 Å². The number of azide groups is 1. The minimum atomic E-state index is -0.102. The van der Waals surface area contributed by atoms with Crippen LogP contribution in [0, 0.1) is 0 Å². The van der Waals surface area contributed by atoms with Crippen molar-refractivity contribution in [2.24, 2.45) is 5.11 Å². The highest BCUT2D eigenvalue weighted by Crippen LogP contribution is 2.17. The molecule has 1 fully saturated rings. The summed E-state index contributed by atoms with van der Waals surface area (Å²) >= 11 is 0. The van der Waals surface area contributed by atoms with Gasteiger partial charge >= 0.3 is 0 Å². The van der Waals surface area contributed by atoms with Crippen molar-refractivity contribution < 1.29 is 9.53 Å². The molecule has 0 spiro atoms. The van der Waals surface area contributed by atoms with Crippen molar-refractivity contribution in [3.05, 3.63) is 10.4 Å². The van der Waals surface area contributed by atoms with E-state index in [1.165, 1.54) is 0 Å². The number of likely N-dealkylation sites (tertiary alicyclic amines) is 1. The maximum atomic E-state index is 11.6. The summed E-state index contributed by atoms with van der Waals surface area (Å²) in [6, 6.07) is 0.159. The molecular weight excluding hydrogens is 196 g/mol. The molecule has 0 unspecified atom stereocenters. The van der Waals surface area contributed by atoms with E-state index in [9.17, 15) is 4.79 Å². The summed E-state index contributed by atoms with van der Waals surface area (Å²) in [5.41, 5.74) is 8.13. The van der Waals surface area contributed by atoms with Crippen molar-refractivity contribution in [2.75, 3.05) is 26.3 Å². The van der Waals surface area contributed by atoms with Gasteiger partial charge in [-0.15, -0.1) is 0 Å². The predicted octanol–water partition coefficient (Wildman–Crippen LogP) is 1.32. The molecule has 0 saturated carbocycles. The van der Waals surface area contributed by atoms with Crippen molar-refractivity contribution in [2.45, 2.75) is 25.8 Å². The fraction of sp³-hybridized carbons (Fsp3) is 0.889. The van der Waals surface area contributed by atoms with Crippen LogP contribution in [-0.4, -0.2) is 43.2 Å². The number of hydrogen-bond acceptors (Lipinski definition) is 3. The first kappa shape index (κ1) is 11.8. The molecule has 1 aliphatic heterocycles. The van der Waals surface area contributed by atoms with Gasteiger partial charge in [-0.1, -0.05) is 5.11 Å². The SMILES string of the molecule is CCOC[C@H]1CCCN1C(=O)CN=[N+]=[N-]. The van der Waals surface area contributed by atoms with Crippen LogP contribution in [0.15, 0.2) is 5.11 Å². The molecule has 6 nitrogen and oxygen atoms in total. The molecule has 1 saturated heterocycles. The lowest BCUT2D eigenvalue weighted by molar-refractivity contribution is -0.131. The van der Waals surface area contributed by atoms with Gasteiger partial charge in [0, 0.05) is 18.1 Å². The first-order valence-electron chi connectivity index (χ1n) is 5.17. The summed E-state index contributed by atoms with van der Waals surface area (Å²) in [6.07, 6.45) is 1.97. The van der Waals surface area contributed by atoms with E-state index in [0.29, 0.717) is 13.2 Å². The third-order valence-electron chi connectivity index (χ3n) is 2.48. The number of carbonyl (C=O) groups excluding carboxylic acids is 1. The molecule has 15 heavy (non-hydrogen) atoms. The zero-order chi connectivity index (χ0) is 11.1. The molecule has 0 radical (unpaired) electrons. The van der Waals surface area contributed by atoms with Crippen molar-refractivity contribution in [3.63, 3.8) is 0 Å². The summed E-state index contributed by atoms with van der Waals surface area (Å²) in [7, 11) is 0. The highest BCUT2D eigenvalue weighted by Gasteiger charge is 2.27. The van der Waals surface area contributed by atoms with Gasteiger partial charge in [0.2, 0.25) is 5.91 Å². The van der Waals surface area contributed by atoms with Crippen LogP contribution in [0.25, 0.3) is 10.4 Å². The van der Waals surface area contributed by atoms with Gasteiger partial charge in [-0.25, -0.2) is 0 Å². The quantitative estimate of drug-likeness (QED) is 0.391. The Bertz CT molecular complexity index is 263. The van der Waals surface area contributed by atoms with Crippen LogP contribution in [0.3, 0.4) is 0 Å². The molecular formula is C9H16N4O2. The molecule has 0 bridgehead atoms. The lowest BCUT2D eigenvalue weighted by Gasteiger charge is -2.23. The van der Waals surface area contributed by atoms with Crippen LogP contribution in [0.2, 0.25) is 0 Å². The van der Waals surface area contributed by atoms with E-state index in [1.54, 1.807) is 4.90 Å². The van der Waals surface area contributed by atoms with E-state index in [1.807, 2.05) is 6.92 Å². The molecule has 0 aromatic rings. The van der Waals surface area contributed by atoms with Crippen LogP contribution in [-0.2, 0) is 9.53 Å². The number of ether oxygens (including phenoxy) is 1. The van der Waals surface area contributed by atoms with Gasteiger partial charge in [-0.3, -0.25) is 4.79 Å². The maximum Gasteiger partial charge on any atom is 0.228 e. The van der Waals surface area contributed by atoms with Gasteiger partial charge in [-0.2, -0.15) is 0 Å². The molecule has 84 valence electrons. The topological polar surface area (TPSA) is 78.3 Å². The molecule has 0 aliphatic carbocycles. The smallest absolute Gasteiger partial charge is 0.228 e. The lowest BCUT2D eigenvalue weighted by atomic mass is 10.2. The van der Waals surface area contributed by atoms with E-state index in [2.05, 4.69) is 10.0 Å². The van der Waals surface area contributed by atoms with Crippen molar-refractivity contribution in [1.82, 2.24) is 4.90 Å². The maximum absolute atomic E-state index is 11.6. The molecule has 1 amide bonds. The second-order valence-electron chi connectivity index (χ2n) is 3.43. The molecule has 6 heteroatoms. The van der Waals surface area contributed by atoms with E-state index in [4.69, 9.17) is 10.3 Å². The number of rotatable bonds is 5. The monoisotopic (exact) mass is 212 g/mol. The summed E-state index contributed by atoms with van der Waals surface area (Å²) in [5.74, 6) is -0.102. The molecule has 0 aromatic heterocycles. The van der Waals surface area contributed by atoms with Crippen LogP contribution < -0.4 is 0 Å². The molecule has 1 heterocycles. The van der Waals surface area contributed by atoms with Gasteiger partial charge < -0.3 is 9.64 Å². The Morgan fingerprint density at radius 2 is 2.53 bits per heavy atom. The zero-order valence-corrected chi connectivity index (χ0v) is 8.93. The molecule has 0 N–H and O–H groups in total. The summed E-state index contributed by atoms with van der Waals surface area (Å²) in [4.78, 5) is 15.9. The van der Waals surface area contributed by atoms with Gasteiger partial charge in [0.15, 0.2) is 0 Å². The van der Waals surface area contributed by atoms with Gasteiger partial charge in [0.1, 0.15) is 6.54 Å². The van der Waals surface area contributed by atoms with Crippen LogP contribution in [0.4, 0.5) is 0 Å². The molecule has 1 aliphatic rings. The first-order chi connectivity index (χ1) is 7.29. The van der Waals surface area contributed by atoms with Crippen LogP contribution >= 0.6 is 0 Å². The standard InChI is InChI=1S/C9H16N4O2/c1-2-15-7-8-4-3-5-13(8)9(14)6-11-12-10/h8H,2-7H2,1H3/t8-/m1/s1. The number of amides is 1. The summed E-state index contributed by atoms with van der Waals surface area (Å²) in [6.45, 7) is 3.84. The molecule has 0 aromatic carbocycles. The summed E-state index contributed by atoms with van der Waals surface area (Å²) < 4.78 is 5.30. The molecule has 1 rings (SSSR count). The predicted molar refractivity (Wildman–Crippen MR) is 55.2 cm³/mol. The van der Waals surface area contributed by atoms with Crippen molar-refractivity contribution in [1.29, 1.82) is 0 Å². The Morgan fingerprint density at radius 1 is 1.73 bits per heavy atom. The van der Waals surface area contributed by atoms with E-state index >= 15 is 0 Å². The number of carbonyl (C=O) groups is 1. The second-order valence-corrected chi connectivity index (χ2v) is 3.43. The minimum Gasteiger partial charge on any atom is -0.380 e. The van der Waals surface area contributed by atoms with Gasteiger partial charge in [0.25, 0.3) is 0 Å². The van der Waals surface area contributed by atoms with Crippen molar-refractivity contribution >= 4 is 5.91 Å². The Hall–Kier alpha value is -1.26. The Labute approximate surface area is 88.8 Å². The highest BCUT2D eigenvalue weighted by molar-refractivity contribution is 5.79. The number of nitrogens with zero attached hydrogens (tertiary/aromatic N) is 4. The zero-order valence-electron chi connectivity index (χ0n) is 8.93. The largest absolute Gasteiger partial charge is 0.380 e. The molecule has 1 atom stereocenters. The average Bonchev–Trinajstić information content (AvgIpc) is 2.71. The van der Waals surface area contributed by atoms with E-state index in [-0.39, 0.29) is 18.5 Å². The lowest BCUT2D eigenvalue weighted by Crippen LogP contribution is -2.39. The third kappa shape index (κ3) is 3.42. The minimum absolute atomic E-state index is 0.0842. The Morgan fingerprint density at radius 3 is 3.20 bits per heavy atom. The van der Waals surface area contributed by atoms with E-state index in [0.717, 1.165) is 19.4 Å². The first-order valence-corrected chi connectivity index (χ1v) is 5.17. The van der Waals surface area contributed by atoms with Gasteiger partial charge in [0.05, 0.1) is 12.6 Å². The van der Waals surface area contributed by atoms with E-state index < -0.39 is 0 Å². The Balaban J connectivity index is 2.44. The summed E-state index contributed by atoms with van der Waals surface area (Å²) in [5, 5.41) is 3.28. The third-order valence-corrected chi connectivity index (χ3v) is 2.48. The van der Waals surface area contributed by atoms with Crippen molar-refractivity contribution in [3.8, 4) is 0 Å². The number of hydrogen-bond donors (Lipinski definition) is 0. The fourth-order valence-electron chi connectivity index (χ4n) is 1.77. The average molecular weight is 212 g/mol. The second kappa shape index (κ2) is 6.27. The fourth-order valence-corrected chi connectivity index (χ4v) is 1.77. The highest BCUT2D eigenvalue weighted by atomic mass is 16.5.